The van der Waals surface area contributed by atoms with Gasteiger partial charge in [-0.15, -0.1) is 0 Å². The van der Waals surface area contributed by atoms with Gasteiger partial charge >= 0.3 is 0 Å². The topological polar surface area (TPSA) is 84.9 Å². The van der Waals surface area contributed by atoms with Crippen LogP contribution in [0.4, 0.5) is 10.1 Å². The molecule has 0 spiro atoms. The van der Waals surface area contributed by atoms with Gasteiger partial charge in [0.15, 0.2) is 0 Å². The number of amides is 3. The second kappa shape index (κ2) is 8.08. The van der Waals surface area contributed by atoms with Crippen LogP contribution in [-0.2, 0) is 14.4 Å². The summed E-state index contributed by atoms with van der Waals surface area (Å²) in [7, 11) is 1.44. The van der Waals surface area contributed by atoms with Crippen molar-refractivity contribution in [3.05, 3.63) is 48.3 Å². The van der Waals surface area contributed by atoms with E-state index in [1.54, 1.807) is 18.2 Å². The van der Waals surface area contributed by atoms with Crippen LogP contribution in [-0.4, -0.2) is 35.8 Å². The first-order valence-corrected chi connectivity index (χ1v) is 8.64. The molecule has 1 atom stereocenters. The van der Waals surface area contributed by atoms with Gasteiger partial charge in [-0.05, 0) is 30.7 Å². The summed E-state index contributed by atoms with van der Waals surface area (Å²) in [6, 6.07) is 9.50. The molecule has 1 N–H and O–H groups in total. The second-order valence-corrected chi connectivity index (χ2v) is 6.25. The Balaban J connectivity index is 1.81. The van der Waals surface area contributed by atoms with E-state index >= 15 is 0 Å². The Morgan fingerprint density at radius 2 is 1.93 bits per heavy atom. The molecule has 1 fully saturated rings. The Kier molecular flexibility index (Phi) is 5.58. The van der Waals surface area contributed by atoms with Crippen LogP contribution in [0.3, 0.4) is 0 Å². The minimum atomic E-state index is -0.873. The monoisotopic (exact) mass is 386 g/mol. The molecule has 2 aromatic carbocycles. The van der Waals surface area contributed by atoms with Crippen molar-refractivity contribution < 1.29 is 28.2 Å². The number of benzene rings is 2. The van der Waals surface area contributed by atoms with Gasteiger partial charge in [0.25, 0.3) is 0 Å². The van der Waals surface area contributed by atoms with E-state index < -0.39 is 23.7 Å². The molecule has 146 valence electrons. The summed E-state index contributed by atoms with van der Waals surface area (Å²) in [5, 5.41) is 2.68. The molecule has 0 aliphatic carbocycles. The van der Waals surface area contributed by atoms with Crippen molar-refractivity contribution >= 4 is 23.4 Å². The van der Waals surface area contributed by atoms with Gasteiger partial charge in [-0.2, -0.15) is 0 Å². The molecule has 1 aliphatic rings. The smallest absolute Gasteiger partial charge is 0.247 e. The van der Waals surface area contributed by atoms with Gasteiger partial charge in [-0.1, -0.05) is 6.07 Å². The van der Waals surface area contributed by atoms with E-state index in [1.165, 1.54) is 38.3 Å². The fourth-order valence-corrected chi connectivity index (χ4v) is 3.06. The predicted molar refractivity (Wildman–Crippen MR) is 98.6 cm³/mol. The lowest BCUT2D eigenvalue weighted by Gasteiger charge is -2.21. The Hall–Kier alpha value is -3.42. The molecule has 7 nitrogen and oxygen atoms in total. The highest BCUT2D eigenvalue weighted by atomic mass is 19.1. The zero-order chi connectivity index (χ0) is 20.3. The molecule has 1 unspecified atom stereocenters. The van der Waals surface area contributed by atoms with E-state index in [9.17, 15) is 18.8 Å². The van der Waals surface area contributed by atoms with Gasteiger partial charge in [0, 0.05) is 25.5 Å². The summed E-state index contributed by atoms with van der Waals surface area (Å²) in [5.74, 6) is -0.754. The lowest BCUT2D eigenvalue weighted by Crippen LogP contribution is -2.44. The number of methoxy groups -OCH3 is 1. The highest BCUT2D eigenvalue weighted by Crippen LogP contribution is 2.32. The van der Waals surface area contributed by atoms with E-state index in [2.05, 4.69) is 5.32 Å². The minimum absolute atomic E-state index is 0.136. The first kappa shape index (κ1) is 19.3. The van der Waals surface area contributed by atoms with Crippen LogP contribution in [0.2, 0.25) is 0 Å². The van der Waals surface area contributed by atoms with Crippen LogP contribution in [0.5, 0.6) is 17.2 Å². The van der Waals surface area contributed by atoms with Crippen molar-refractivity contribution in [1.82, 2.24) is 4.90 Å². The fraction of sp³-hybridized carbons (Fsp3) is 0.250. The number of hydrogen-bond donors (Lipinski definition) is 1. The second-order valence-electron chi connectivity index (χ2n) is 6.25. The molecule has 0 bridgehead atoms. The molecular weight excluding hydrogens is 367 g/mol. The van der Waals surface area contributed by atoms with Gasteiger partial charge in [-0.3, -0.25) is 19.3 Å². The number of imide groups is 1. The molecule has 1 saturated heterocycles. The third-order valence-corrected chi connectivity index (χ3v) is 4.31. The van der Waals surface area contributed by atoms with Gasteiger partial charge < -0.3 is 14.8 Å². The number of halogens is 1. The predicted octanol–water partition coefficient (Wildman–Crippen LogP) is 3.10. The van der Waals surface area contributed by atoms with Gasteiger partial charge in [0.2, 0.25) is 17.7 Å². The number of anilines is 1. The Morgan fingerprint density at radius 1 is 1.18 bits per heavy atom. The number of nitrogens with zero attached hydrogens (tertiary/aromatic N) is 1. The van der Waals surface area contributed by atoms with E-state index in [1.807, 2.05) is 0 Å². The van der Waals surface area contributed by atoms with E-state index in [0.717, 1.165) is 4.90 Å². The van der Waals surface area contributed by atoms with Crippen LogP contribution < -0.4 is 14.8 Å². The van der Waals surface area contributed by atoms with Crippen molar-refractivity contribution in [1.29, 1.82) is 0 Å². The maximum absolute atomic E-state index is 13.3. The molecule has 8 heteroatoms. The molecule has 0 aromatic heterocycles. The van der Waals surface area contributed by atoms with Gasteiger partial charge in [0.05, 0.1) is 12.8 Å². The van der Waals surface area contributed by atoms with Crippen molar-refractivity contribution in [2.75, 3.05) is 12.4 Å². The molecule has 1 heterocycles. The number of rotatable bonds is 5. The molecular formula is C20H19FN2O5. The van der Waals surface area contributed by atoms with E-state index in [0.29, 0.717) is 22.9 Å². The number of hydrogen-bond acceptors (Lipinski definition) is 5. The maximum atomic E-state index is 13.3. The van der Waals surface area contributed by atoms with Gasteiger partial charge in [-0.25, -0.2) is 4.39 Å². The van der Waals surface area contributed by atoms with Crippen LogP contribution in [0.25, 0.3) is 0 Å². The molecule has 0 radical (unpaired) electrons. The first-order valence-electron chi connectivity index (χ1n) is 8.64. The summed E-state index contributed by atoms with van der Waals surface area (Å²) in [4.78, 5) is 37.1. The van der Waals surface area contributed by atoms with Crippen molar-refractivity contribution in [3.8, 4) is 17.2 Å². The highest BCUT2D eigenvalue weighted by Gasteiger charge is 2.38. The fourth-order valence-electron chi connectivity index (χ4n) is 3.06. The first-order chi connectivity index (χ1) is 13.4. The lowest BCUT2D eigenvalue weighted by atomic mass is 10.2. The molecule has 3 rings (SSSR count). The summed E-state index contributed by atoms with van der Waals surface area (Å²) in [5.41, 5.74) is 0.309. The molecule has 0 saturated carbocycles. The number of carbonyl (C=O) groups excluding carboxylic acids is 3. The Bertz CT molecular complexity index is 931. The van der Waals surface area contributed by atoms with Crippen molar-refractivity contribution in [2.24, 2.45) is 0 Å². The zero-order valence-corrected chi connectivity index (χ0v) is 15.4. The molecule has 3 amide bonds. The molecule has 1 aliphatic heterocycles. The lowest BCUT2D eigenvalue weighted by molar-refractivity contribution is -0.145. The van der Waals surface area contributed by atoms with Crippen LogP contribution in [0, 0.1) is 5.82 Å². The summed E-state index contributed by atoms with van der Waals surface area (Å²) in [6.07, 6.45) is 0.392. The number of carbonyl (C=O) groups is 3. The van der Waals surface area contributed by atoms with E-state index in [4.69, 9.17) is 9.47 Å². The zero-order valence-electron chi connectivity index (χ0n) is 15.4. The SMILES string of the molecule is COc1ccc(Oc2cccc(F)c2)cc1NC(=O)C1CCC(=O)N1C(C)=O. The van der Waals surface area contributed by atoms with Crippen LogP contribution >= 0.6 is 0 Å². The summed E-state index contributed by atoms with van der Waals surface area (Å²) in [6.45, 7) is 1.25. The van der Waals surface area contributed by atoms with Crippen molar-refractivity contribution in [3.63, 3.8) is 0 Å². The number of ether oxygens (including phenoxy) is 2. The largest absolute Gasteiger partial charge is 0.495 e. The standard InChI is InChI=1S/C20H19FN2O5/c1-12(24)23-17(7-9-19(23)25)20(26)22-16-11-15(6-8-18(16)27-2)28-14-5-3-4-13(21)10-14/h3-6,8,10-11,17H,7,9H2,1-2H3,(H,22,26). The average Bonchev–Trinajstić information content (AvgIpc) is 3.04. The number of nitrogens with one attached hydrogen (secondary N) is 1. The molecule has 2 aromatic rings. The highest BCUT2D eigenvalue weighted by molar-refractivity contribution is 6.06. The average molecular weight is 386 g/mol. The normalized spacial score (nSPS) is 16.0. The van der Waals surface area contributed by atoms with E-state index in [-0.39, 0.29) is 18.7 Å². The van der Waals surface area contributed by atoms with Crippen LogP contribution in [0.1, 0.15) is 19.8 Å². The summed E-state index contributed by atoms with van der Waals surface area (Å²) < 4.78 is 24.2. The Labute approximate surface area is 161 Å². The van der Waals surface area contributed by atoms with Gasteiger partial charge in [0.1, 0.15) is 29.1 Å². The van der Waals surface area contributed by atoms with Crippen LogP contribution in [0.15, 0.2) is 42.5 Å². The minimum Gasteiger partial charge on any atom is -0.495 e. The maximum Gasteiger partial charge on any atom is 0.247 e. The summed E-state index contributed by atoms with van der Waals surface area (Å²) >= 11 is 0. The Morgan fingerprint density at radius 3 is 2.61 bits per heavy atom. The number of likely N-dealkylation sites (tertiary alicyclic amines) is 1. The third kappa shape index (κ3) is 4.11. The quantitative estimate of drug-likeness (QED) is 0.854. The molecule has 28 heavy (non-hydrogen) atoms. The third-order valence-electron chi connectivity index (χ3n) is 4.31. The van der Waals surface area contributed by atoms with Crippen molar-refractivity contribution in [2.45, 2.75) is 25.8 Å².